The Balaban J connectivity index is 2.13. The van der Waals surface area contributed by atoms with Gasteiger partial charge < -0.3 is 5.73 Å². The summed E-state index contributed by atoms with van der Waals surface area (Å²) < 4.78 is 0. The van der Waals surface area contributed by atoms with E-state index in [-0.39, 0.29) is 5.54 Å². The molecule has 1 fully saturated rings. The van der Waals surface area contributed by atoms with E-state index in [0.29, 0.717) is 0 Å². The molecule has 2 N–H and O–H groups in total. The van der Waals surface area contributed by atoms with Crippen LogP contribution in [0.2, 0.25) is 0 Å². The van der Waals surface area contributed by atoms with Crippen molar-refractivity contribution in [1.29, 1.82) is 0 Å². The molecule has 15 heavy (non-hydrogen) atoms. The minimum Gasteiger partial charge on any atom is -0.325 e. The summed E-state index contributed by atoms with van der Waals surface area (Å²) in [6, 6.07) is 0. The SMILES string of the molecule is Cc1nc(C)c(CCC2(N)CC2)c(C)n1. The Morgan fingerprint density at radius 2 is 1.67 bits per heavy atom. The lowest BCUT2D eigenvalue weighted by Gasteiger charge is -2.12. The van der Waals surface area contributed by atoms with Crippen molar-refractivity contribution in [3.8, 4) is 0 Å². The van der Waals surface area contributed by atoms with E-state index in [0.717, 1.165) is 30.1 Å². The molecule has 0 unspecified atom stereocenters. The Kier molecular flexibility index (Phi) is 2.51. The highest BCUT2D eigenvalue weighted by atomic mass is 14.9. The van der Waals surface area contributed by atoms with Gasteiger partial charge in [-0.3, -0.25) is 0 Å². The number of hydrogen-bond acceptors (Lipinski definition) is 3. The van der Waals surface area contributed by atoms with Gasteiger partial charge in [0.1, 0.15) is 5.82 Å². The van der Waals surface area contributed by atoms with E-state index < -0.39 is 0 Å². The average molecular weight is 205 g/mol. The fourth-order valence-corrected chi connectivity index (χ4v) is 2.05. The molecule has 0 spiro atoms. The highest BCUT2D eigenvalue weighted by Gasteiger charge is 2.37. The highest BCUT2D eigenvalue weighted by Crippen LogP contribution is 2.36. The van der Waals surface area contributed by atoms with Crippen LogP contribution >= 0.6 is 0 Å². The Bertz CT molecular complexity index is 357. The maximum atomic E-state index is 6.08. The van der Waals surface area contributed by atoms with Gasteiger partial charge in [-0.15, -0.1) is 0 Å². The average Bonchev–Trinajstić information content (AvgIpc) is 2.82. The van der Waals surface area contributed by atoms with Crippen LogP contribution in [0, 0.1) is 20.8 Å². The Morgan fingerprint density at radius 3 is 2.13 bits per heavy atom. The summed E-state index contributed by atoms with van der Waals surface area (Å²) in [6.07, 6.45) is 4.45. The van der Waals surface area contributed by atoms with Crippen LogP contribution in [0.4, 0.5) is 0 Å². The van der Waals surface area contributed by atoms with Gasteiger partial charge in [-0.05, 0) is 52.0 Å². The maximum Gasteiger partial charge on any atom is 0.125 e. The van der Waals surface area contributed by atoms with E-state index >= 15 is 0 Å². The molecule has 0 aliphatic heterocycles. The van der Waals surface area contributed by atoms with Crippen LogP contribution in [0.5, 0.6) is 0 Å². The van der Waals surface area contributed by atoms with Crippen molar-refractivity contribution >= 4 is 0 Å². The third kappa shape index (κ3) is 2.34. The minimum absolute atomic E-state index is 0.129. The van der Waals surface area contributed by atoms with Gasteiger partial charge >= 0.3 is 0 Å². The molecule has 0 saturated heterocycles. The van der Waals surface area contributed by atoms with Crippen LogP contribution in [0.25, 0.3) is 0 Å². The highest BCUT2D eigenvalue weighted by molar-refractivity contribution is 5.25. The third-order valence-corrected chi connectivity index (χ3v) is 3.30. The van der Waals surface area contributed by atoms with E-state index in [2.05, 4.69) is 23.8 Å². The zero-order chi connectivity index (χ0) is 11.1. The number of nitrogens with two attached hydrogens (primary N) is 1. The Hall–Kier alpha value is -0.960. The molecule has 1 aromatic rings. The molecular weight excluding hydrogens is 186 g/mol. The number of aryl methyl sites for hydroxylation is 3. The minimum atomic E-state index is 0.129. The molecule has 1 aliphatic rings. The van der Waals surface area contributed by atoms with Crippen molar-refractivity contribution in [1.82, 2.24) is 9.97 Å². The molecule has 0 aromatic carbocycles. The number of rotatable bonds is 3. The summed E-state index contributed by atoms with van der Waals surface area (Å²) in [6.45, 7) is 6.06. The van der Waals surface area contributed by atoms with Crippen molar-refractivity contribution in [3.63, 3.8) is 0 Å². The van der Waals surface area contributed by atoms with Crippen molar-refractivity contribution in [2.24, 2.45) is 5.73 Å². The standard InChI is InChI=1S/C12H19N3/c1-8-11(4-5-12(13)6-7-12)9(2)15-10(3)14-8/h4-7,13H2,1-3H3. The number of nitrogens with zero attached hydrogens (tertiary/aromatic N) is 2. The zero-order valence-electron chi connectivity index (χ0n) is 9.80. The summed E-state index contributed by atoms with van der Waals surface area (Å²) >= 11 is 0. The van der Waals surface area contributed by atoms with Crippen molar-refractivity contribution in [2.45, 2.75) is 52.0 Å². The molecule has 1 aromatic heterocycles. The first kappa shape index (κ1) is 10.6. The van der Waals surface area contributed by atoms with Crippen LogP contribution in [-0.4, -0.2) is 15.5 Å². The van der Waals surface area contributed by atoms with E-state index in [9.17, 15) is 0 Å². The summed E-state index contributed by atoms with van der Waals surface area (Å²) in [5.41, 5.74) is 9.73. The van der Waals surface area contributed by atoms with Crippen molar-refractivity contribution in [2.75, 3.05) is 0 Å². The lowest BCUT2D eigenvalue weighted by atomic mass is 10.0. The van der Waals surface area contributed by atoms with Crippen LogP contribution in [-0.2, 0) is 6.42 Å². The summed E-state index contributed by atoms with van der Waals surface area (Å²) in [5.74, 6) is 0.864. The topological polar surface area (TPSA) is 51.8 Å². The first-order valence-corrected chi connectivity index (χ1v) is 5.60. The van der Waals surface area contributed by atoms with Gasteiger partial charge in [-0.1, -0.05) is 0 Å². The quantitative estimate of drug-likeness (QED) is 0.819. The van der Waals surface area contributed by atoms with E-state index in [1.54, 1.807) is 0 Å². The molecule has 1 aliphatic carbocycles. The molecule has 0 radical (unpaired) electrons. The second-order valence-corrected chi connectivity index (χ2v) is 4.78. The molecule has 0 atom stereocenters. The molecule has 0 amide bonds. The van der Waals surface area contributed by atoms with Gasteiger partial charge in [0.05, 0.1) is 0 Å². The van der Waals surface area contributed by atoms with E-state index in [1.165, 1.54) is 18.4 Å². The van der Waals surface area contributed by atoms with Gasteiger partial charge in [0.15, 0.2) is 0 Å². The van der Waals surface area contributed by atoms with E-state index in [4.69, 9.17) is 5.73 Å². The molecule has 0 bridgehead atoms. The predicted molar refractivity (Wildman–Crippen MR) is 60.7 cm³/mol. The Labute approximate surface area is 91.1 Å². The number of aromatic nitrogens is 2. The molecule has 3 heteroatoms. The molecule has 1 saturated carbocycles. The second-order valence-electron chi connectivity index (χ2n) is 4.78. The maximum absolute atomic E-state index is 6.08. The molecule has 82 valence electrons. The van der Waals surface area contributed by atoms with Crippen LogP contribution in [0.3, 0.4) is 0 Å². The summed E-state index contributed by atoms with van der Waals surface area (Å²) in [7, 11) is 0. The summed E-state index contributed by atoms with van der Waals surface area (Å²) in [4.78, 5) is 8.81. The van der Waals surface area contributed by atoms with Gasteiger partial charge in [0.25, 0.3) is 0 Å². The van der Waals surface area contributed by atoms with Crippen LogP contribution < -0.4 is 5.73 Å². The second kappa shape index (κ2) is 3.56. The fraction of sp³-hybridized carbons (Fsp3) is 0.667. The first-order chi connectivity index (χ1) is 7.00. The smallest absolute Gasteiger partial charge is 0.125 e. The van der Waals surface area contributed by atoms with Crippen molar-refractivity contribution in [3.05, 3.63) is 22.8 Å². The normalized spacial score (nSPS) is 17.9. The predicted octanol–water partition coefficient (Wildman–Crippen LogP) is 1.83. The molecule has 3 nitrogen and oxygen atoms in total. The molecule has 1 heterocycles. The van der Waals surface area contributed by atoms with Crippen LogP contribution in [0.1, 0.15) is 42.0 Å². The van der Waals surface area contributed by atoms with Crippen molar-refractivity contribution < 1.29 is 0 Å². The lowest BCUT2D eigenvalue weighted by Crippen LogP contribution is -2.22. The number of hydrogen-bond donors (Lipinski definition) is 1. The van der Waals surface area contributed by atoms with E-state index in [1.807, 2.05) is 6.92 Å². The molecular formula is C12H19N3. The van der Waals surface area contributed by atoms with Crippen LogP contribution in [0.15, 0.2) is 0 Å². The van der Waals surface area contributed by atoms with Gasteiger partial charge in [-0.25, -0.2) is 9.97 Å². The fourth-order valence-electron chi connectivity index (χ4n) is 2.05. The zero-order valence-corrected chi connectivity index (χ0v) is 9.80. The van der Waals surface area contributed by atoms with Gasteiger partial charge in [-0.2, -0.15) is 0 Å². The largest absolute Gasteiger partial charge is 0.325 e. The summed E-state index contributed by atoms with van der Waals surface area (Å²) in [5, 5.41) is 0. The van der Waals surface area contributed by atoms with Gasteiger partial charge in [0, 0.05) is 16.9 Å². The first-order valence-electron chi connectivity index (χ1n) is 5.60. The third-order valence-electron chi connectivity index (χ3n) is 3.30. The van der Waals surface area contributed by atoms with Gasteiger partial charge in [0.2, 0.25) is 0 Å². The molecule has 2 rings (SSSR count). The monoisotopic (exact) mass is 205 g/mol. The Morgan fingerprint density at radius 1 is 1.13 bits per heavy atom. The lowest BCUT2D eigenvalue weighted by molar-refractivity contribution is 0.604.